The number of anilines is 1. The van der Waals surface area contributed by atoms with E-state index in [4.69, 9.17) is 0 Å². The third-order valence-electron chi connectivity index (χ3n) is 4.85. The van der Waals surface area contributed by atoms with Gasteiger partial charge in [-0.1, -0.05) is 12.1 Å². The van der Waals surface area contributed by atoms with Crippen LogP contribution in [0, 0.1) is 13.8 Å². The van der Waals surface area contributed by atoms with E-state index < -0.39 is 12.6 Å². The van der Waals surface area contributed by atoms with Crippen molar-refractivity contribution in [1.82, 2.24) is 19.7 Å². The summed E-state index contributed by atoms with van der Waals surface area (Å²) in [7, 11) is 0. The molecule has 1 aliphatic carbocycles. The summed E-state index contributed by atoms with van der Waals surface area (Å²) in [5.74, 6) is 0.314. The van der Waals surface area contributed by atoms with Crippen molar-refractivity contribution in [2.24, 2.45) is 0 Å². The Morgan fingerprint density at radius 3 is 2.58 bits per heavy atom. The fraction of sp³-hybridized carbons (Fsp3) is 0.381. The van der Waals surface area contributed by atoms with Gasteiger partial charge in [-0.2, -0.15) is 13.2 Å². The number of imidazole rings is 1. The summed E-state index contributed by atoms with van der Waals surface area (Å²) in [6.45, 7) is 3.81. The normalized spacial score (nSPS) is 13.5. The van der Waals surface area contributed by atoms with Crippen LogP contribution in [0.25, 0.3) is 16.9 Å². The monoisotopic (exact) mass is 497 g/mol. The lowest BCUT2D eigenvalue weighted by molar-refractivity contribution is -0.131. The van der Waals surface area contributed by atoms with Crippen LogP contribution in [0.3, 0.4) is 0 Å². The highest BCUT2D eigenvalue weighted by Gasteiger charge is 2.26. The molecule has 0 spiro atoms. The van der Waals surface area contributed by atoms with Crippen molar-refractivity contribution in [2.75, 3.05) is 11.9 Å². The summed E-state index contributed by atoms with van der Waals surface area (Å²) in [6.07, 6.45) is 1.42. The Balaban J connectivity index is 0.000000391. The number of nitrogens with one attached hydrogen (secondary N) is 2. The van der Waals surface area contributed by atoms with E-state index in [-0.39, 0.29) is 6.54 Å². The van der Waals surface area contributed by atoms with Crippen molar-refractivity contribution in [3.63, 3.8) is 0 Å². The topological polar surface area (TPSA) is 71.3 Å². The standard InChI is InChI=1S/C17H16BrF3N4.C4H7NO/c1-10-3-4-12(7-11(10)2)13-8-23-16-15(22-6-5-17(19,20)21)24-14(18)9-25(13)16;6-3-5-4-1-2-4/h3-4,7-9H,5-6H2,1-2H3,(H,22,24);3-4H,1-2H2,(H,5,6). The quantitative estimate of drug-likeness (QED) is 0.468. The Hall–Kier alpha value is -2.62. The van der Waals surface area contributed by atoms with Crippen LogP contribution in [0.5, 0.6) is 0 Å². The van der Waals surface area contributed by atoms with E-state index in [0.29, 0.717) is 22.1 Å². The largest absolute Gasteiger partial charge is 0.390 e. The summed E-state index contributed by atoms with van der Waals surface area (Å²) in [5, 5.41) is 5.36. The summed E-state index contributed by atoms with van der Waals surface area (Å²) < 4.78 is 39.4. The van der Waals surface area contributed by atoms with E-state index in [2.05, 4.69) is 42.6 Å². The molecule has 2 heterocycles. The van der Waals surface area contributed by atoms with Gasteiger partial charge < -0.3 is 10.6 Å². The van der Waals surface area contributed by atoms with E-state index in [9.17, 15) is 18.0 Å². The second-order valence-electron chi connectivity index (χ2n) is 7.40. The number of carbonyl (C=O) groups is 1. The molecule has 0 bridgehead atoms. The SMILES string of the molecule is Cc1ccc(-c2cnc3c(NCCC(F)(F)F)nc(Br)cn23)cc1C.O=CNC1CC1. The van der Waals surface area contributed by atoms with Crippen LogP contribution >= 0.6 is 15.9 Å². The van der Waals surface area contributed by atoms with E-state index >= 15 is 0 Å². The number of benzene rings is 1. The van der Waals surface area contributed by atoms with Crippen molar-refractivity contribution in [2.45, 2.75) is 45.3 Å². The number of alkyl halides is 3. The first-order chi connectivity index (χ1) is 14.7. The molecule has 1 aromatic carbocycles. The van der Waals surface area contributed by atoms with Crippen LogP contribution in [0.4, 0.5) is 19.0 Å². The summed E-state index contributed by atoms with van der Waals surface area (Å²) in [4.78, 5) is 18.1. The highest BCUT2D eigenvalue weighted by Crippen LogP contribution is 2.27. The first-order valence-electron chi connectivity index (χ1n) is 9.79. The van der Waals surface area contributed by atoms with Gasteiger partial charge in [0.05, 0.1) is 18.3 Å². The predicted octanol–water partition coefficient (Wildman–Crippen LogP) is 5.03. The van der Waals surface area contributed by atoms with Crippen molar-refractivity contribution >= 4 is 33.8 Å². The number of hydrogen-bond acceptors (Lipinski definition) is 4. The summed E-state index contributed by atoms with van der Waals surface area (Å²) >= 11 is 3.31. The molecule has 31 heavy (non-hydrogen) atoms. The molecule has 0 aliphatic heterocycles. The van der Waals surface area contributed by atoms with E-state index in [0.717, 1.165) is 23.2 Å². The maximum atomic E-state index is 12.4. The van der Waals surface area contributed by atoms with Crippen molar-refractivity contribution in [3.05, 3.63) is 46.3 Å². The predicted molar refractivity (Wildman–Crippen MR) is 117 cm³/mol. The van der Waals surface area contributed by atoms with Gasteiger partial charge in [0.15, 0.2) is 11.5 Å². The number of rotatable bonds is 6. The molecule has 166 valence electrons. The van der Waals surface area contributed by atoms with Gasteiger partial charge in [0.2, 0.25) is 6.41 Å². The fourth-order valence-corrected chi connectivity index (χ4v) is 3.24. The lowest BCUT2D eigenvalue weighted by Gasteiger charge is -2.11. The minimum Gasteiger partial charge on any atom is -0.367 e. The Kier molecular flexibility index (Phi) is 7.19. The lowest BCUT2D eigenvalue weighted by Crippen LogP contribution is -2.15. The van der Waals surface area contributed by atoms with Crippen LogP contribution in [-0.4, -0.2) is 39.5 Å². The molecule has 4 rings (SSSR count). The molecule has 3 aromatic rings. The van der Waals surface area contributed by atoms with Crippen LogP contribution in [0.15, 0.2) is 35.2 Å². The first-order valence-corrected chi connectivity index (χ1v) is 10.6. The lowest BCUT2D eigenvalue weighted by atomic mass is 10.0. The van der Waals surface area contributed by atoms with Gasteiger partial charge in [-0.3, -0.25) is 9.20 Å². The second kappa shape index (κ2) is 9.67. The third-order valence-corrected chi connectivity index (χ3v) is 5.23. The number of halogens is 4. The number of amides is 1. The molecule has 6 nitrogen and oxygen atoms in total. The first kappa shape index (κ1) is 23.1. The average molecular weight is 498 g/mol. The fourth-order valence-electron chi connectivity index (χ4n) is 2.86. The van der Waals surface area contributed by atoms with Gasteiger partial charge in [0.1, 0.15) is 4.60 Å². The van der Waals surface area contributed by atoms with Gasteiger partial charge >= 0.3 is 6.18 Å². The van der Waals surface area contributed by atoms with Crippen molar-refractivity contribution in [1.29, 1.82) is 0 Å². The Labute approximate surface area is 186 Å². The molecule has 1 amide bonds. The molecule has 0 radical (unpaired) electrons. The molecule has 0 unspecified atom stereocenters. The summed E-state index contributed by atoms with van der Waals surface area (Å²) in [6, 6.07) is 6.62. The van der Waals surface area contributed by atoms with Gasteiger partial charge in [0, 0.05) is 24.3 Å². The highest BCUT2D eigenvalue weighted by molar-refractivity contribution is 9.10. The van der Waals surface area contributed by atoms with Crippen molar-refractivity contribution in [3.8, 4) is 11.3 Å². The Morgan fingerprint density at radius 2 is 2.00 bits per heavy atom. The maximum absolute atomic E-state index is 12.4. The minimum absolute atomic E-state index is 0.256. The molecule has 0 atom stereocenters. The van der Waals surface area contributed by atoms with Crippen LogP contribution in [0.2, 0.25) is 0 Å². The van der Waals surface area contributed by atoms with E-state index in [1.165, 1.54) is 18.4 Å². The smallest absolute Gasteiger partial charge is 0.367 e. The molecular formula is C21H23BrF3N5O. The molecular weight excluding hydrogens is 475 g/mol. The zero-order chi connectivity index (χ0) is 22.6. The number of fused-ring (bicyclic) bond motifs is 1. The number of hydrogen-bond donors (Lipinski definition) is 2. The van der Waals surface area contributed by atoms with Crippen molar-refractivity contribution < 1.29 is 18.0 Å². The van der Waals surface area contributed by atoms with Gasteiger partial charge in [-0.15, -0.1) is 0 Å². The van der Waals surface area contributed by atoms with Gasteiger partial charge in [-0.25, -0.2) is 9.97 Å². The Bertz CT molecular complexity index is 1060. The van der Waals surface area contributed by atoms with E-state index in [1.807, 2.05) is 30.4 Å². The molecule has 10 heteroatoms. The van der Waals surface area contributed by atoms with Crippen LogP contribution in [0.1, 0.15) is 30.4 Å². The van der Waals surface area contributed by atoms with Crippen LogP contribution in [-0.2, 0) is 4.79 Å². The number of carbonyl (C=O) groups excluding carboxylic acids is 1. The maximum Gasteiger partial charge on any atom is 0.390 e. The molecule has 1 aliphatic rings. The van der Waals surface area contributed by atoms with Gasteiger partial charge in [-0.05, 0) is 59.8 Å². The van der Waals surface area contributed by atoms with Gasteiger partial charge in [0.25, 0.3) is 0 Å². The molecule has 1 saturated carbocycles. The number of aryl methyl sites for hydroxylation is 2. The molecule has 2 N–H and O–H groups in total. The molecule has 0 saturated heterocycles. The highest BCUT2D eigenvalue weighted by atomic mass is 79.9. The number of nitrogens with zero attached hydrogens (tertiary/aromatic N) is 3. The zero-order valence-electron chi connectivity index (χ0n) is 17.1. The second-order valence-corrected chi connectivity index (χ2v) is 8.21. The molecule has 1 fully saturated rings. The Morgan fingerprint density at radius 1 is 1.26 bits per heavy atom. The summed E-state index contributed by atoms with van der Waals surface area (Å²) in [5.41, 5.74) is 4.66. The minimum atomic E-state index is -4.21. The van der Waals surface area contributed by atoms with Crippen LogP contribution < -0.4 is 10.6 Å². The molecule has 2 aromatic heterocycles. The average Bonchev–Trinajstić information content (AvgIpc) is 3.40. The zero-order valence-corrected chi connectivity index (χ0v) is 18.7. The third kappa shape index (κ3) is 6.43. The van der Waals surface area contributed by atoms with E-state index in [1.54, 1.807) is 12.4 Å². The number of aromatic nitrogens is 3.